The molecule has 1 fully saturated rings. The molecule has 1 heterocycles. The number of hydrogen-bond acceptors (Lipinski definition) is 3. The quantitative estimate of drug-likeness (QED) is 0.511. The number of nitrogens with two attached hydrogens (primary N) is 1. The van der Waals surface area contributed by atoms with E-state index in [2.05, 4.69) is 0 Å². The Kier molecular flexibility index (Phi) is 4.38. The van der Waals surface area contributed by atoms with Crippen LogP contribution in [0.5, 0.6) is 0 Å². The first-order valence-corrected chi connectivity index (χ1v) is 3.45. The smallest absolute Gasteiger partial charge is 0.252 e. The Bertz CT molecular complexity index is 56.0. The van der Waals surface area contributed by atoms with Crippen molar-refractivity contribution in [1.82, 2.24) is 0 Å². The first-order valence-electron chi connectivity index (χ1n) is 2.20. The van der Waals surface area contributed by atoms with Crippen LogP contribution in [0.15, 0.2) is 0 Å². The minimum absolute atomic E-state index is 0. The highest BCUT2D eigenvalue weighted by atomic mass is 31.2. The van der Waals surface area contributed by atoms with Crippen molar-refractivity contribution in [3.05, 3.63) is 0 Å². The summed E-state index contributed by atoms with van der Waals surface area (Å²) in [6.07, 6.45) is 0.982. The number of rotatable bonds is 0. The topological polar surface area (TPSA) is 44.5 Å². The summed E-state index contributed by atoms with van der Waals surface area (Å²) in [6.45, 7) is 1.53. The zero-order chi connectivity index (χ0) is 5.11. The molecule has 0 aromatic heterocycles. The van der Waals surface area contributed by atoms with Crippen LogP contribution < -0.4 is 5.50 Å². The average molecular weight is 137 g/mol. The predicted octanol–water partition coefficient (Wildman–Crippen LogP) is 1.25. The zero-order valence-corrected chi connectivity index (χ0v) is 4.86. The van der Waals surface area contributed by atoms with Crippen molar-refractivity contribution in [3.63, 3.8) is 0 Å². The van der Waals surface area contributed by atoms with E-state index in [1.54, 1.807) is 0 Å². The van der Waals surface area contributed by atoms with Gasteiger partial charge in [-0.1, -0.05) is 7.43 Å². The van der Waals surface area contributed by atoms with Crippen LogP contribution in [0, 0.1) is 0 Å². The van der Waals surface area contributed by atoms with Gasteiger partial charge in [-0.25, -0.2) is 0 Å². The lowest BCUT2D eigenvalue weighted by atomic mass is 10.5. The molecule has 0 saturated carbocycles. The minimum Gasteiger partial charge on any atom is -0.322 e. The molecule has 1 aliphatic rings. The van der Waals surface area contributed by atoms with Crippen molar-refractivity contribution in [3.8, 4) is 0 Å². The van der Waals surface area contributed by atoms with Gasteiger partial charge in [0.05, 0.1) is 13.2 Å². The highest BCUT2D eigenvalue weighted by molar-refractivity contribution is 7.44. The van der Waals surface area contributed by atoms with Gasteiger partial charge in [-0.05, 0) is 6.42 Å². The molecule has 2 N–H and O–H groups in total. The van der Waals surface area contributed by atoms with Gasteiger partial charge in [0.1, 0.15) is 0 Å². The van der Waals surface area contributed by atoms with Crippen LogP contribution in [0.3, 0.4) is 0 Å². The largest absolute Gasteiger partial charge is 0.322 e. The normalized spacial score (nSPS) is 22.1. The van der Waals surface area contributed by atoms with E-state index in [4.69, 9.17) is 14.6 Å². The minimum atomic E-state index is -0.992. The third kappa shape index (κ3) is 2.58. The third-order valence-corrected chi connectivity index (χ3v) is 1.60. The van der Waals surface area contributed by atoms with Gasteiger partial charge in [-0.2, -0.15) is 0 Å². The van der Waals surface area contributed by atoms with Gasteiger partial charge in [-0.3, -0.25) is 5.50 Å². The van der Waals surface area contributed by atoms with E-state index >= 15 is 0 Å². The molecule has 0 bridgehead atoms. The van der Waals surface area contributed by atoms with Crippen molar-refractivity contribution < 1.29 is 9.05 Å². The highest BCUT2D eigenvalue weighted by Crippen LogP contribution is 2.31. The van der Waals surface area contributed by atoms with Gasteiger partial charge in [0.2, 0.25) is 0 Å². The summed E-state index contributed by atoms with van der Waals surface area (Å²) >= 11 is 0. The lowest BCUT2D eigenvalue weighted by Crippen LogP contribution is -2.08. The second kappa shape index (κ2) is 4.21. The molecule has 3 nitrogen and oxygen atoms in total. The van der Waals surface area contributed by atoms with E-state index in [-0.39, 0.29) is 7.43 Å². The van der Waals surface area contributed by atoms with Crippen LogP contribution in [-0.4, -0.2) is 13.2 Å². The SMILES string of the molecule is C.NP1OCCCO1. The molecule has 0 radical (unpaired) electrons. The lowest BCUT2D eigenvalue weighted by molar-refractivity contribution is 0.182. The molecule has 50 valence electrons. The van der Waals surface area contributed by atoms with E-state index < -0.39 is 8.53 Å². The molecular weight excluding hydrogens is 125 g/mol. The van der Waals surface area contributed by atoms with Crippen LogP contribution in [0.25, 0.3) is 0 Å². The van der Waals surface area contributed by atoms with Gasteiger partial charge >= 0.3 is 0 Å². The summed E-state index contributed by atoms with van der Waals surface area (Å²) in [5.41, 5.74) is 5.26. The Balaban J connectivity index is 0.000000490. The molecule has 0 spiro atoms. The number of hydrogen-bond donors (Lipinski definition) is 1. The molecule has 1 aliphatic heterocycles. The maximum atomic E-state index is 5.26. The van der Waals surface area contributed by atoms with E-state index in [9.17, 15) is 0 Å². The third-order valence-electron chi connectivity index (χ3n) is 0.726. The Labute approximate surface area is 51.1 Å². The molecule has 0 atom stereocenters. The summed E-state index contributed by atoms with van der Waals surface area (Å²) < 4.78 is 9.80. The highest BCUT2D eigenvalue weighted by Gasteiger charge is 2.07. The van der Waals surface area contributed by atoms with Gasteiger partial charge < -0.3 is 9.05 Å². The van der Waals surface area contributed by atoms with Crippen LogP contribution >= 0.6 is 8.53 Å². The van der Waals surface area contributed by atoms with Crippen molar-refractivity contribution in [1.29, 1.82) is 0 Å². The summed E-state index contributed by atoms with van der Waals surface area (Å²) in [6, 6.07) is 0. The molecule has 0 amide bonds. The van der Waals surface area contributed by atoms with E-state index in [0.717, 1.165) is 19.6 Å². The first kappa shape index (κ1) is 8.31. The first-order chi connectivity index (χ1) is 3.39. The van der Waals surface area contributed by atoms with E-state index in [1.165, 1.54) is 0 Å². The Morgan fingerprint density at radius 3 is 2.00 bits per heavy atom. The molecule has 0 aromatic carbocycles. The average Bonchev–Trinajstić information content (AvgIpc) is 1.69. The van der Waals surface area contributed by atoms with Gasteiger partial charge in [0.15, 0.2) is 0 Å². The van der Waals surface area contributed by atoms with Crippen LogP contribution in [0.2, 0.25) is 0 Å². The van der Waals surface area contributed by atoms with Crippen molar-refractivity contribution in [2.24, 2.45) is 5.50 Å². The van der Waals surface area contributed by atoms with Gasteiger partial charge in [0.25, 0.3) is 8.53 Å². The fourth-order valence-corrected chi connectivity index (χ4v) is 1.10. The molecule has 8 heavy (non-hydrogen) atoms. The van der Waals surface area contributed by atoms with Gasteiger partial charge in [0, 0.05) is 0 Å². The predicted molar refractivity (Wildman–Crippen MR) is 34.4 cm³/mol. The second-order valence-corrected chi connectivity index (χ2v) is 2.39. The molecule has 0 aromatic rings. The van der Waals surface area contributed by atoms with Crippen LogP contribution in [0.1, 0.15) is 13.8 Å². The van der Waals surface area contributed by atoms with E-state index in [0.29, 0.717) is 0 Å². The lowest BCUT2D eigenvalue weighted by Gasteiger charge is -2.16. The molecule has 0 aliphatic carbocycles. The summed E-state index contributed by atoms with van der Waals surface area (Å²) in [5.74, 6) is 0. The van der Waals surface area contributed by atoms with Crippen molar-refractivity contribution in [2.45, 2.75) is 13.8 Å². The molecular formula is C4H12NO2P. The molecule has 4 heteroatoms. The zero-order valence-electron chi connectivity index (χ0n) is 3.96. The monoisotopic (exact) mass is 137 g/mol. The maximum absolute atomic E-state index is 5.26. The molecule has 0 unspecified atom stereocenters. The summed E-state index contributed by atoms with van der Waals surface area (Å²) in [5, 5.41) is 0. The standard InChI is InChI=1S/C3H8NO2P.CH4/c4-7-5-2-1-3-6-7;/h1-4H2;1H4. The molecule has 1 rings (SSSR count). The fraction of sp³-hybridized carbons (Fsp3) is 1.00. The van der Waals surface area contributed by atoms with Crippen molar-refractivity contribution >= 4 is 8.53 Å². The van der Waals surface area contributed by atoms with Crippen molar-refractivity contribution in [2.75, 3.05) is 13.2 Å². The Morgan fingerprint density at radius 2 is 1.75 bits per heavy atom. The molecule has 1 saturated heterocycles. The Morgan fingerprint density at radius 1 is 1.25 bits per heavy atom. The van der Waals surface area contributed by atoms with E-state index in [1.807, 2.05) is 0 Å². The Hall–Kier alpha value is 0.310. The summed E-state index contributed by atoms with van der Waals surface area (Å²) in [4.78, 5) is 0. The maximum Gasteiger partial charge on any atom is 0.252 e. The van der Waals surface area contributed by atoms with Crippen LogP contribution in [0.4, 0.5) is 0 Å². The van der Waals surface area contributed by atoms with Gasteiger partial charge in [-0.15, -0.1) is 0 Å². The summed E-state index contributed by atoms with van der Waals surface area (Å²) in [7, 11) is -0.992. The van der Waals surface area contributed by atoms with Crippen LogP contribution in [-0.2, 0) is 9.05 Å². The second-order valence-electron chi connectivity index (χ2n) is 1.31. The fourth-order valence-electron chi connectivity index (χ4n) is 0.405.